The van der Waals surface area contributed by atoms with E-state index in [-0.39, 0.29) is 5.91 Å². The van der Waals surface area contributed by atoms with Crippen LogP contribution in [0.1, 0.15) is 54.7 Å². The van der Waals surface area contributed by atoms with Gasteiger partial charge in [-0.15, -0.1) is 0 Å². The van der Waals surface area contributed by atoms with Crippen LogP contribution in [0.5, 0.6) is 0 Å². The van der Waals surface area contributed by atoms with E-state index in [9.17, 15) is 4.79 Å². The molecule has 0 saturated carbocycles. The molecule has 0 bridgehead atoms. The molecule has 0 saturated heterocycles. The van der Waals surface area contributed by atoms with E-state index >= 15 is 0 Å². The van der Waals surface area contributed by atoms with Gasteiger partial charge in [0, 0.05) is 12.6 Å². The predicted molar refractivity (Wildman–Crippen MR) is 93.3 cm³/mol. The lowest BCUT2D eigenvalue weighted by molar-refractivity contribution is 0.102. The molecule has 1 N–H and O–H groups in total. The first kappa shape index (κ1) is 16.2. The third-order valence-electron chi connectivity index (χ3n) is 4.35. The van der Waals surface area contributed by atoms with Gasteiger partial charge in [-0.25, -0.2) is 4.98 Å². The summed E-state index contributed by atoms with van der Waals surface area (Å²) in [6.07, 6.45) is 3.60. The highest BCUT2D eigenvalue weighted by Crippen LogP contribution is 2.25. The molecule has 6 nitrogen and oxygen atoms in total. The van der Waals surface area contributed by atoms with Crippen LogP contribution >= 0.6 is 0 Å². The summed E-state index contributed by atoms with van der Waals surface area (Å²) < 4.78 is 7.45. The van der Waals surface area contributed by atoms with E-state index in [4.69, 9.17) is 4.42 Å². The van der Waals surface area contributed by atoms with Crippen molar-refractivity contribution >= 4 is 22.7 Å². The maximum atomic E-state index is 12.7. The summed E-state index contributed by atoms with van der Waals surface area (Å²) in [6, 6.07) is 5.81. The topological polar surface area (TPSA) is 73.0 Å². The number of benzene rings is 1. The highest BCUT2D eigenvalue weighted by Gasteiger charge is 2.19. The number of aryl methyl sites for hydroxylation is 1. The van der Waals surface area contributed by atoms with Gasteiger partial charge in [0.25, 0.3) is 5.91 Å². The molecule has 2 aromatic heterocycles. The smallest absolute Gasteiger partial charge is 0.259 e. The molecule has 1 amide bonds. The monoisotopic (exact) mass is 326 g/mol. The van der Waals surface area contributed by atoms with Crippen LogP contribution in [-0.2, 0) is 0 Å². The van der Waals surface area contributed by atoms with Gasteiger partial charge >= 0.3 is 0 Å². The number of fused-ring (bicyclic) bond motifs is 1. The Balaban J connectivity index is 1.90. The molecule has 0 spiro atoms. The van der Waals surface area contributed by atoms with Crippen molar-refractivity contribution in [3.8, 4) is 0 Å². The van der Waals surface area contributed by atoms with Crippen molar-refractivity contribution in [2.75, 3.05) is 5.32 Å². The minimum Gasteiger partial charge on any atom is -0.441 e. The summed E-state index contributed by atoms with van der Waals surface area (Å²) in [5.74, 6) is 0.391. The van der Waals surface area contributed by atoms with Gasteiger partial charge in [0.05, 0.1) is 23.5 Å². The first-order valence-corrected chi connectivity index (χ1v) is 8.26. The van der Waals surface area contributed by atoms with Crippen LogP contribution in [0.2, 0.25) is 0 Å². The first-order chi connectivity index (χ1) is 11.5. The van der Waals surface area contributed by atoms with E-state index in [2.05, 4.69) is 29.2 Å². The molecule has 2 heterocycles. The molecule has 0 radical (unpaired) electrons. The lowest BCUT2D eigenvalue weighted by atomic mass is 10.1. The summed E-state index contributed by atoms with van der Waals surface area (Å²) >= 11 is 0. The standard InChI is InChI=1S/C18H22N4O2/c1-5-13(6-2)22-11(3)14(10-19-22)18(23)21-15-8-7-9-16-17(15)20-12(4)24-16/h7-10,13H,5-6H2,1-4H3,(H,21,23). The number of rotatable bonds is 5. The van der Waals surface area contributed by atoms with Gasteiger partial charge in [-0.05, 0) is 31.9 Å². The van der Waals surface area contributed by atoms with E-state index in [0.29, 0.717) is 34.3 Å². The first-order valence-electron chi connectivity index (χ1n) is 8.26. The molecule has 0 unspecified atom stereocenters. The lowest BCUT2D eigenvalue weighted by Gasteiger charge is -2.15. The van der Waals surface area contributed by atoms with Gasteiger partial charge in [-0.2, -0.15) is 5.10 Å². The second kappa shape index (κ2) is 6.47. The third kappa shape index (κ3) is 2.79. The zero-order chi connectivity index (χ0) is 17.3. The Labute approximate surface area is 140 Å². The second-order valence-corrected chi connectivity index (χ2v) is 5.90. The zero-order valence-corrected chi connectivity index (χ0v) is 14.5. The van der Waals surface area contributed by atoms with Crippen LogP contribution in [0.3, 0.4) is 0 Å². The highest BCUT2D eigenvalue weighted by atomic mass is 16.3. The summed E-state index contributed by atoms with van der Waals surface area (Å²) in [5.41, 5.74) is 3.43. The molecule has 0 aliphatic carbocycles. The average molecular weight is 326 g/mol. The number of aromatic nitrogens is 3. The average Bonchev–Trinajstić information content (AvgIpc) is 3.12. The van der Waals surface area contributed by atoms with Crippen molar-refractivity contribution in [1.82, 2.24) is 14.8 Å². The fourth-order valence-electron chi connectivity index (χ4n) is 3.00. The number of nitrogens with zero attached hydrogens (tertiary/aromatic N) is 3. The molecule has 0 fully saturated rings. The number of oxazole rings is 1. The Morgan fingerprint density at radius 2 is 2.04 bits per heavy atom. The van der Waals surface area contributed by atoms with Crippen molar-refractivity contribution in [2.24, 2.45) is 0 Å². The van der Waals surface area contributed by atoms with Crippen LogP contribution in [0.4, 0.5) is 5.69 Å². The Bertz CT molecular complexity index is 874. The number of carbonyl (C=O) groups is 1. The fourth-order valence-corrected chi connectivity index (χ4v) is 3.00. The van der Waals surface area contributed by atoms with Crippen molar-refractivity contribution in [2.45, 2.75) is 46.6 Å². The van der Waals surface area contributed by atoms with Crippen molar-refractivity contribution < 1.29 is 9.21 Å². The Morgan fingerprint density at radius 3 is 2.75 bits per heavy atom. The van der Waals surface area contributed by atoms with E-state index in [0.717, 1.165) is 18.5 Å². The zero-order valence-electron chi connectivity index (χ0n) is 14.5. The maximum Gasteiger partial charge on any atom is 0.259 e. The molecule has 3 rings (SSSR count). The maximum absolute atomic E-state index is 12.7. The minimum atomic E-state index is -0.183. The SMILES string of the molecule is CCC(CC)n1ncc(C(=O)Nc2cccc3oc(C)nc23)c1C. The molecular formula is C18H22N4O2. The molecule has 0 aliphatic rings. The van der Waals surface area contributed by atoms with Crippen molar-refractivity contribution in [3.63, 3.8) is 0 Å². The highest BCUT2D eigenvalue weighted by molar-refractivity contribution is 6.08. The molecule has 24 heavy (non-hydrogen) atoms. The molecule has 0 atom stereocenters. The molecule has 126 valence electrons. The molecule has 3 aromatic rings. The minimum absolute atomic E-state index is 0.183. The van der Waals surface area contributed by atoms with Gasteiger partial charge in [0.2, 0.25) is 0 Å². The summed E-state index contributed by atoms with van der Waals surface area (Å²) in [6.45, 7) is 7.97. The van der Waals surface area contributed by atoms with Crippen LogP contribution < -0.4 is 5.32 Å². The van der Waals surface area contributed by atoms with Gasteiger partial charge < -0.3 is 9.73 Å². The molecular weight excluding hydrogens is 304 g/mol. The summed E-state index contributed by atoms with van der Waals surface area (Å²) in [7, 11) is 0. The summed E-state index contributed by atoms with van der Waals surface area (Å²) in [4.78, 5) is 17.0. The van der Waals surface area contributed by atoms with Crippen molar-refractivity contribution in [3.05, 3.63) is 41.5 Å². The van der Waals surface area contributed by atoms with Gasteiger partial charge in [-0.1, -0.05) is 19.9 Å². The van der Waals surface area contributed by atoms with E-state index in [1.165, 1.54) is 0 Å². The van der Waals surface area contributed by atoms with E-state index in [1.54, 1.807) is 13.1 Å². The number of anilines is 1. The molecule has 1 aromatic carbocycles. The van der Waals surface area contributed by atoms with Gasteiger partial charge in [0.1, 0.15) is 5.52 Å². The Kier molecular flexibility index (Phi) is 4.38. The number of para-hydroxylation sites is 1. The van der Waals surface area contributed by atoms with Crippen LogP contribution in [0.25, 0.3) is 11.1 Å². The van der Waals surface area contributed by atoms with Gasteiger partial charge in [-0.3, -0.25) is 9.48 Å². The quantitative estimate of drug-likeness (QED) is 0.760. The molecule has 6 heteroatoms. The van der Waals surface area contributed by atoms with Crippen LogP contribution in [0, 0.1) is 13.8 Å². The molecule has 0 aliphatic heterocycles. The van der Waals surface area contributed by atoms with E-state index in [1.807, 2.05) is 29.8 Å². The lowest BCUT2D eigenvalue weighted by Crippen LogP contribution is -2.15. The number of carbonyl (C=O) groups excluding carboxylic acids is 1. The number of hydrogen-bond donors (Lipinski definition) is 1. The summed E-state index contributed by atoms with van der Waals surface area (Å²) in [5, 5.41) is 7.34. The number of nitrogens with one attached hydrogen (secondary N) is 1. The largest absolute Gasteiger partial charge is 0.441 e. The Hall–Kier alpha value is -2.63. The van der Waals surface area contributed by atoms with Gasteiger partial charge in [0.15, 0.2) is 11.5 Å². The van der Waals surface area contributed by atoms with Crippen LogP contribution in [-0.4, -0.2) is 20.7 Å². The van der Waals surface area contributed by atoms with Crippen molar-refractivity contribution in [1.29, 1.82) is 0 Å². The number of amides is 1. The predicted octanol–water partition coefficient (Wildman–Crippen LogP) is 4.25. The van der Waals surface area contributed by atoms with E-state index < -0.39 is 0 Å². The second-order valence-electron chi connectivity index (χ2n) is 5.90. The Morgan fingerprint density at radius 1 is 1.29 bits per heavy atom. The van der Waals surface area contributed by atoms with Crippen LogP contribution in [0.15, 0.2) is 28.8 Å². The normalized spacial score (nSPS) is 11.4. The fraction of sp³-hybridized carbons (Fsp3) is 0.389. The third-order valence-corrected chi connectivity index (χ3v) is 4.35. The number of hydrogen-bond acceptors (Lipinski definition) is 4.